The Morgan fingerprint density at radius 2 is 0.882 bits per heavy atom. The van der Waals surface area contributed by atoms with Crippen LogP contribution in [-0.2, 0) is 0 Å². The SMILES string of the molecule is Oc1cc(O)cc(C#Cc2ccc(F)cc2)c1.Oc1cc(O)cc(C=Cc2ccc(F)cc2)c1. The van der Waals surface area contributed by atoms with Crippen LogP contribution in [0, 0.1) is 23.5 Å². The molecular formula is C28H20F2O4. The van der Waals surface area contributed by atoms with Gasteiger partial charge in [0, 0.05) is 23.3 Å². The van der Waals surface area contributed by atoms with Gasteiger partial charge in [0.05, 0.1) is 0 Å². The second-order valence-electron chi connectivity index (χ2n) is 7.16. The van der Waals surface area contributed by atoms with Crippen LogP contribution < -0.4 is 0 Å². The Labute approximate surface area is 195 Å². The van der Waals surface area contributed by atoms with E-state index in [0.717, 1.165) is 5.56 Å². The number of phenolic OH excluding ortho intramolecular Hbond substituents is 4. The van der Waals surface area contributed by atoms with Crippen LogP contribution in [0.25, 0.3) is 12.2 Å². The van der Waals surface area contributed by atoms with Crippen LogP contribution in [0.5, 0.6) is 23.0 Å². The molecular weight excluding hydrogens is 438 g/mol. The first-order valence-corrected chi connectivity index (χ1v) is 10.0. The van der Waals surface area contributed by atoms with Gasteiger partial charge >= 0.3 is 0 Å². The molecule has 0 atom stereocenters. The lowest BCUT2D eigenvalue weighted by atomic mass is 10.1. The maximum Gasteiger partial charge on any atom is 0.123 e. The van der Waals surface area contributed by atoms with Crippen LogP contribution in [0.3, 0.4) is 0 Å². The summed E-state index contributed by atoms with van der Waals surface area (Å²) in [6.07, 6.45) is 3.50. The van der Waals surface area contributed by atoms with Crippen molar-refractivity contribution in [3.63, 3.8) is 0 Å². The molecule has 4 N–H and O–H groups in total. The van der Waals surface area contributed by atoms with E-state index in [0.29, 0.717) is 16.7 Å². The van der Waals surface area contributed by atoms with Gasteiger partial charge in [0.25, 0.3) is 0 Å². The summed E-state index contributed by atoms with van der Waals surface area (Å²) in [7, 11) is 0. The Balaban J connectivity index is 0.000000191. The normalized spacial score (nSPS) is 10.2. The number of halogens is 2. The van der Waals surface area contributed by atoms with E-state index in [4.69, 9.17) is 0 Å². The topological polar surface area (TPSA) is 80.9 Å². The first-order valence-electron chi connectivity index (χ1n) is 10.0. The van der Waals surface area contributed by atoms with Gasteiger partial charge < -0.3 is 20.4 Å². The maximum absolute atomic E-state index is 12.7. The molecule has 6 heteroatoms. The van der Waals surface area contributed by atoms with Crippen molar-refractivity contribution in [3.05, 3.63) is 119 Å². The summed E-state index contributed by atoms with van der Waals surface area (Å²) in [5.41, 5.74) is 2.67. The average molecular weight is 458 g/mol. The van der Waals surface area contributed by atoms with E-state index >= 15 is 0 Å². The van der Waals surface area contributed by atoms with Crippen molar-refractivity contribution >= 4 is 12.2 Å². The van der Waals surface area contributed by atoms with Crippen molar-refractivity contribution in [3.8, 4) is 34.8 Å². The summed E-state index contributed by atoms with van der Waals surface area (Å²) in [6, 6.07) is 20.2. The molecule has 4 aromatic rings. The van der Waals surface area contributed by atoms with Crippen LogP contribution in [0.15, 0.2) is 84.9 Å². The minimum absolute atomic E-state index is 0.00348. The standard InChI is InChI=1S/C14H11FO2.C14H9FO2/c2*15-12-5-3-10(4-6-12)1-2-11-7-13(16)9-14(17)8-11/h1-9,16-17H;3-9,16-17H. The summed E-state index contributed by atoms with van der Waals surface area (Å²) < 4.78 is 25.3. The summed E-state index contributed by atoms with van der Waals surface area (Å²) in [4.78, 5) is 0. The highest BCUT2D eigenvalue weighted by Crippen LogP contribution is 2.22. The first-order chi connectivity index (χ1) is 16.3. The summed E-state index contributed by atoms with van der Waals surface area (Å²) in [5, 5.41) is 37.1. The number of hydrogen-bond acceptors (Lipinski definition) is 4. The highest BCUT2D eigenvalue weighted by molar-refractivity contribution is 5.70. The summed E-state index contributed by atoms with van der Waals surface area (Å²) in [5.74, 6) is 4.89. The van der Waals surface area contributed by atoms with Crippen LogP contribution >= 0.6 is 0 Å². The molecule has 0 fully saturated rings. The summed E-state index contributed by atoms with van der Waals surface area (Å²) in [6.45, 7) is 0. The Bertz CT molecular complexity index is 1310. The quantitative estimate of drug-likeness (QED) is 0.218. The highest BCUT2D eigenvalue weighted by atomic mass is 19.1. The van der Waals surface area contributed by atoms with Crippen molar-refractivity contribution in [1.82, 2.24) is 0 Å². The Hall–Kier alpha value is -4.76. The maximum atomic E-state index is 12.7. The largest absolute Gasteiger partial charge is 0.508 e. The van der Waals surface area contributed by atoms with E-state index in [1.165, 1.54) is 60.7 Å². The van der Waals surface area contributed by atoms with Crippen molar-refractivity contribution in [2.75, 3.05) is 0 Å². The molecule has 4 rings (SSSR count). The second kappa shape index (κ2) is 11.2. The van der Waals surface area contributed by atoms with Crippen molar-refractivity contribution in [2.45, 2.75) is 0 Å². The molecule has 4 aromatic carbocycles. The van der Waals surface area contributed by atoms with Gasteiger partial charge in [-0.1, -0.05) is 36.1 Å². The Morgan fingerprint density at radius 3 is 1.41 bits per heavy atom. The minimum Gasteiger partial charge on any atom is -0.508 e. The molecule has 0 saturated carbocycles. The molecule has 0 bridgehead atoms. The fourth-order valence-corrected chi connectivity index (χ4v) is 2.83. The molecule has 0 aliphatic heterocycles. The van der Waals surface area contributed by atoms with Crippen LogP contribution in [0.4, 0.5) is 8.78 Å². The highest BCUT2D eigenvalue weighted by Gasteiger charge is 1.97. The average Bonchev–Trinajstić information content (AvgIpc) is 2.78. The smallest absolute Gasteiger partial charge is 0.123 e. The molecule has 0 saturated heterocycles. The van der Waals surface area contributed by atoms with Crippen LogP contribution in [0.2, 0.25) is 0 Å². The fourth-order valence-electron chi connectivity index (χ4n) is 2.83. The van der Waals surface area contributed by atoms with Gasteiger partial charge in [-0.25, -0.2) is 8.78 Å². The zero-order valence-corrected chi connectivity index (χ0v) is 17.8. The monoisotopic (exact) mass is 458 g/mol. The number of hydrogen-bond donors (Lipinski definition) is 4. The predicted octanol–water partition coefficient (Wildman–Crippen LogP) is 6.04. The molecule has 0 aliphatic carbocycles. The van der Waals surface area contributed by atoms with E-state index in [2.05, 4.69) is 11.8 Å². The predicted molar refractivity (Wildman–Crippen MR) is 127 cm³/mol. The van der Waals surface area contributed by atoms with Crippen molar-refractivity contribution in [2.24, 2.45) is 0 Å². The van der Waals surface area contributed by atoms with Gasteiger partial charge in [-0.05, 0) is 71.8 Å². The molecule has 34 heavy (non-hydrogen) atoms. The van der Waals surface area contributed by atoms with Crippen LogP contribution in [-0.4, -0.2) is 20.4 Å². The number of benzene rings is 4. The fraction of sp³-hybridized carbons (Fsp3) is 0. The van der Waals surface area contributed by atoms with Gasteiger partial charge in [-0.15, -0.1) is 0 Å². The van der Waals surface area contributed by atoms with Crippen molar-refractivity contribution < 1.29 is 29.2 Å². The Morgan fingerprint density at radius 1 is 0.471 bits per heavy atom. The molecule has 0 heterocycles. The van der Waals surface area contributed by atoms with Crippen LogP contribution in [0.1, 0.15) is 22.3 Å². The van der Waals surface area contributed by atoms with E-state index in [1.54, 1.807) is 36.4 Å². The third kappa shape index (κ3) is 7.74. The molecule has 170 valence electrons. The van der Waals surface area contributed by atoms with Gasteiger partial charge in [0.15, 0.2) is 0 Å². The lowest BCUT2D eigenvalue weighted by molar-refractivity contribution is 0.449. The molecule has 0 spiro atoms. The third-order valence-corrected chi connectivity index (χ3v) is 4.36. The molecule has 0 amide bonds. The van der Waals surface area contributed by atoms with E-state index in [1.807, 2.05) is 0 Å². The molecule has 0 radical (unpaired) electrons. The molecule has 0 aromatic heterocycles. The second-order valence-corrected chi connectivity index (χ2v) is 7.16. The zero-order valence-electron chi connectivity index (χ0n) is 17.8. The van der Waals surface area contributed by atoms with E-state index in [9.17, 15) is 29.2 Å². The van der Waals surface area contributed by atoms with E-state index in [-0.39, 0.29) is 34.6 Å². The third-order valence-electron chi connectivity index (χ3n) is 4.36. The Kier molecular flexibility index (Phi) is 7.88. The lowest BCUT2D eigenvalue weighted by Crippen LogP contribution is -1.78. The van der Waals surface area contributed by atoms with Gasteiger partial charge in [-0.3, -0.25) is 0 Å². The lowest BCUT2D eigenvalue weighted by Gasteiger charge is -1.98. The molecule has 0 aliphatic rings. The molecule has 0 unspecified atom stereocenters. The van der Waals surface area contributed by atoms with Gasteiger partial charge in [0.1, 0.15) is 34.6 Å². The number of rotatable bonds is 2. The van der Waals surface area contributed by atoms with Gasteiger partial charge in [0.2, 0.25) is 0 Å². The molecule has 4 nitrogen and oxygen atoms in total. The summed E-state index contributed by atoms with van der Waals surface area (Å²) >= 11 is 0. The van der Waals surface area contributed by atoms with E-state index < -0.39 is 0 Å². The first kappa shape index (κ1) is 23.9. The number of aromatic hydroxyl groups is 4. The minimum atomic E-state index is -0.314. The van der Waals surface area contributed by atoms with Crippen molar-refractivity contribution in [1.29, 1.82) is 0 Å². The van der Waals surface area contributed by atoms with Gasteiger partial charge in [-0.2, -0.15) is 0 Å². The number of phenols is 4. The zero-order chi connectivity index (χ0) is 24.5.